The number of aliphatic hydroxyl groups is 1. The number of hydrogen-bond acceptors (Lipinski definition) is 3. The maximum absolute atomic E-state index is 11.8. The van der Waals surface area contributed by atoms with Crippen LogP contribution >= 0.6 is 45.2 Å². The van der Waals surface area contributed by atoms with Crippen LogP contribution in [0.2, 0.25) is 0 Å². The highest BCUT2D eigenvalue weighted by atomic mass is 127. The molecule has 1 aliphatic heterocycles. The molecular weight excluding hydrogens is 558 g/mol. The van der Waals surface area contributed by atoms with E-state index >= 15 is 0 Å². The van der Waals surface area contributed by atoms with Crippen LogP contribution in [0.25, 0.3) is 21.8 Å². The summed E-state index contributed by atoms with van der Waals surface area (Å²) in [5.41, 5.74) is 2.08. The van der Waals surface area contributed by atoms with E-state index in [0.29, 0.717) is 6.54 Å². The van der Waals surface area contributed by atoms with E-state index in [1.807, 2.05) is 12.1 Å². The Hall–Kier alpha value is -1.20. The molecule has 0 bridgehead atoms. The summed E-state index contributed by atoms with van der Waals surface area (Å²) in [7, 11) is 0. The first-order valence-corrected chi connectivity index (χ1v) is 10.5. The molecule has 3 aromatic rings. The molecule has 1 aromatic heterocycles. The van der Waals surface area contributed by atoms with Crippen molar-refractivity contribution < 1.29 is 14.7 Å². The van der Waals surface area contributed by atoms with E-state index in [9.17, 15) is 14.7 Å². The van der Waals surface area contributed by atoms with Crippen molar-refractivity contribution >= 4 is 78.8 Å². The van der Waals surface area contributed by atoms with Gasteiger partial charge in [-0.1, -0.05) is 0 Å². The average molecular weight is 574 g/mol. The fourth-order valence-electron chi connectivity index (χ4n) is 3.55. The highest BCUT2D eigenvalue weighted by molar-refractivity contribution is 14.1. The van der Waals surface area contributed by atoms with Gasteiger partial charge < -0.3 is 9.67 Å². The van der Waals surface area contributed by atoms with Gasteiger partial charge in [-0.25, -0.2) is 0 Å². The SMILES string of the molecule is O=C1CCC(=O)N1C[C@H](O)Cn1c2ccc(I)cc2c2cc(I)ccc21. The van der Waals surface area contributed by atoms with Gasteiger partial charge in [0.05, 0.1) is 19.2 Å². The van der Waals surface area contributed by atoms with E-state index in [2.05, 4.69) is 74.0 Å². The highest BCUT2D eigenvalue weighted by Crippen LogP contribution is 2.31. The molecule has 4 rings (SSSR count). The minimum atomic E-state index is -0.807. The molecule has 26 heavy (non-hydrogen) atoms. The van der Waals surface area contributed by atoms with Crippen LogP contribution in [-0.2, 0) is 16.1 Å². The lowest BCUT2D eigenvalue weighted by Gasteiger charge is -2.20. The zero-order valence-corrected chi connectivity index (χ0v) is 18.1. The number of amides is 2. The third kappa shape index (κ3) is 3.24. The van der Waals surface area contributed by atoms with Gasteiger partial charge in [-0.05, 0) is 81.6 Å². The Labute approximate surface area is 177 Å². The van der Waals surface area contributed by atoms with Crippen molar-refractivity contribution in [3.05, 3.63) is 43.5 Å². The van der Waals surface area contributed by atoms with Gasteiger partial charge in [-0.15, -0.1) is 0 Å². The fourth-order valence-corrected chi connectivity index (χ4v) is 4.53. The minimum absolute atomic E-state index is 0.0492. The van der Waals surface area contributed by atoms with Crippen LogP contribution in [0.4, 0.5) is 0 Å². The monoisotopic (exact) mass is 574 g/mol. The molecule has 2 aromatic carbocycles. The molecule has 0 radical (unpaired) electrons. The number of rotatable bonds is 4. The van der Waals surface area contributed by atoms with Crippen LogP contribution in [0.15, 0.2) is 36.4 Å². The Bertz CT molecular complexity index is 969. The Kier molecular flexibility index (Phi) is 4.95. The van der Waals surface area contributed by atoms with Gasteiger partial charge in [0.1, 0.15) is 0 Å². The van der Waals surface area contributed by atoms with E-state index in [1.54, 1.807) is 0 Å². The highest BCUT2D eigenvalue weighted by Gasteiger charge is 2.30. The van der Waals surface area contributed by atoms with E-state index in [0.717, 1.165) is 28.9 Å². The second-order valence-electron chi connectivity index (χ2n) is 6.49. The van der Waals surface area contributed by atoms with E-state index in [4.69, 9.17) is 0 Å². The summed E-state index contributed by atoms with van der Waals surface area (Å²) in [6.07, 6.45) is -0.311. The molecule has 0 spiro atoms. The number of benzene rings is 2. The summed E-state index contributed by atoms with van der Waals surface area (Å²) < 4.78 is 4.38. The molecule has 7 heteroatoms. The molecular formula is C19H16I2N2O3. The number of likely N-dealkylation sites (tertiary alicyclic amines) is 1. The third-order valence-electron chi connectivity index (χ3n) is 4.73. The van der Waals surface area contributed by atoms with Crippen molar-refractivity contribution in [3.63, 3.8) is 0 Å². The minimum Gasteiger partial charge on any atom is -0.389 e. The number of fused-ring (bicyclic) bond motifs is 3. The molecule has 2 heterocycles. The van der Waals surface area contributed by atoms with Crippen LogP contribution in [0.5, 0.6) is 0 Å². The van der Waals surface area contributed by atoms with Crippen LogP contribution in [0.3, 0.4) is 0 Å². The summed E-state index contributed by atoms with van der Waals surface area (Å²) in [6.45, 7) is 0.381. The maximum Gasteiger partial charge on any atom is 0.229 e. The Morgan fingerprint density at radius 1 is 0.885 bits per heavy atom. The molecule has 5 nitrogen and oxygen atoms in total. The van der Waals surface area contributed by atoms with Crippen molar-refractivity contribution in [2.45, 2.75) is 25.5 Å². The van der Waals surface area contributed by atoms with E-state index in [-0.39, 0.29) is 31.2 Å². The van der Waals surface area contributed by atoms with Crippen LogP contribution < -0.4 is 0 Å². The van der Waals surface area contributed by atoms with Crippen molar-refractivity contribution in [1.29, 1.82) is 0 Å². The van der Waals surface area contributed by atoms with E-state index < -0.39 is 6.10 Å². The standard InChI is InChI=1S/C19H16I2N2O3/c20-11-1-3-16-14(7-11)15-8-12(21)2-4-17(15)22(16)9-13(24)10-23-18(25)5-6-19(23)26/h1-4,7-8,13,24H,5-6,9-10H2/t13-/m1/s1. The third-order valence-corrected chi connectivity index (χ3v) is 6.07. The normalized spacial score (nSPS) is 16.2. The largest absolute Gasteiger partial charge is 0.389 e. The lowest BCUT2D eigenvalue weighted by molar-refractivity contribution is -0.140. The van der Waals surface area contributed by atoms with Crippen molar-refractivity contribution in [1.82, 2.24) is 9.47 Å². The fraction of sp³-hybridized carbons (Fsp3) is 0.263. The first-order valence-electron chi connectivity index (χ1n) is 8.32. The van der Waals surface area contributed by atoms with Crippen LogP contribution in [0.1, 0.15) is 12.8 Å². The molecule has 1 atom stereocenters. The first-order chi connectivity index (χ1) is 12.4. The molecule has 1 N–H and O–H groups in total. The van der Waals surface area contributed by atoms with Gasteiger partial charge in [0.2, 0.25) is 11.8 Å². The lowest BCUT2D eigenvalue weighted by Crippen LogP contribution is -2.38. The molecule has 1 fully saturated rings. The molecule has 1 saturated heterocycles. The molecule has 134 valence electrons. The number of carbonyl (C=O) groups is 2. The molecule has 0 unspecified atom stereocenters. The summed E-state index contributed by atoms with van der Waals surface area (Å²) in [4.78, 5) is 24.8. The van der Waals surface area contributed by atoms with Gasteiger partial charge in [-0.2, -0.15) is 0 Å². The van der Waals surface area contributed by atoms with Crippen molar-refractivity contribution in [2.24, 2.45) is 0 Å². The number of halogens is 2. The van der Waals surface area contributed by atoms with Gasteiger partial charge in [0, 0.05) is 41.8 Å². The maximum atomic E-state index is 11.8. The molecule has 0 aliphatic carbocycles. The number of hydrogen-bond donors (Lipinski definition) is 1. The Morgan fingerprint density at radius 2 is 1.38 bits per heavy atom. The second kappa shape index (κ2) is 7.08. The van der Waals surface area contributed by atoms with Crippen LogP contribution in [-0.4, -0.2) is 39.0 Å². The Balaban J connectivity index is 1.73. The number of aliphatic hydroxyl groups excluding tert-OH is 1. The van der Waals surface area contributed by atoms with Gasteiger partial charge in [0.25, 0.3) is 0 Å². The number of aromatic nitrogens is 1. The van der Waals surface area contributed by atoms with Gasteiger partial charge in [0.15, 0.2) is 0 Å². The zero-order valence-electron chi connectivity index (χ0n) is 13.8. The number of carbonyl (C=O) groups excluding carboxylic acids is 2. The zero-order chi connectivity index (χ0) is 18.4. The van der Waals surface area contributed by atoms with Gasteiger partial charge >= 0.3 is 0 Å². The lowest BCUT2D eigenvalue weighted by atomic mass is 10.2. The molecule has 0 saturated carbocycles. The van der Waals surface area contributed by atoms with E-state index in [1.165, 1.54) is 4.90 Å². The predicted octanol–water partition coefficient (Wildman–Crippen LogP) is 3.51. The van der Waals surface area contributed by atoms with Crippen molar-refractivity contribution in [3.8, 4) is 0 Å². The Morgan fingerprint density at radius 3 is 1.88 bits per heavy atom. The summed E-state index contributed by atoms with van der Waals surface area (Å²) in [5.74, 6) is -0.388. The predicted molar refractivity (Wildman–Crippen MR) is 117 cm³/mol. The molecule has 1 aliphatic rings. The van der Waals surface area contributed by atoms with Crippen molar-refractivity contribution in [2.75, 3.05) is 6.54 Å². The second-order valence-corrected chi connectivity index (χ2v) is 8.98. The quantitative estimate of drug-likeness (QED) is 0.384. The molecule has 2 amide bonds. The first kappa shape index (κ1) is 18.2. The summed E-state index contributed by atoms with van der Waals surface area (Å²) in [6, 6.07) is 12.5. The number of imide groups is 1. The smallest absolute Gasteiger partial charge is 0.229 e. The number of nitrogens with zero attached hydrogens (tertiary/aromatic N) is 2. The van der Waals surface area contributed by atoms with Gasteiger partial charge in [-0.3, -0.25) is 14.5 Å². The van der Waals surface area contributed by atoms with Crippen LogP contribution in [0, 0.1) is 7.14 Å². The summed E-state index contributed by atoms with van der Waals surface area (Å²) >= 11 is 4.60. The summed E-state index contributed by atoms with van der Waals surface area (Å²) in [5, 5.41) is 12.9. The number of β-amino-alcohol motifs (C(OH)–C–C–N with tert-alkyl or cyclic N) is 1. The topological polar surface area (TPSA) is 62.5 Å². The average Bonchev–Trinajstić information content (AvgIpc) is 3.07.